The van der Waals surface area contributed by atoms with Crippen LogP contribution in [0.4, 0.5) is 5.88 Å². The molecule has 2 aromatic rings. The number of aromatic nitrogens is 1. The van der Waals surface area contributed by atoms with Gasteiger partial charge in [-0.25, -0.2) is 0 Å². The van der Waals surface area contributed by atoms with E-state index in [0.29, 0.717) is 11.1 Å². The quantitative estimate of drug-likeness (QED) is 0.933. The zero-order chi connectivity index (χ0) is 16.2. The summed E-state index contributed by atoms with van der Waals surface area (Å²) in [4.78, 5) is 14.6. The Balaban J connectivity index is 1.62. The monoisotopic (exact) mass is 331 g/mol. The summed E-state index contributed by atoms with van der Waals surface area (Å²) < 4.78 is 5.06. The molecule has 1 aromatic carbocycles. The Morgan fingerprint density at radius 2 is 2.22 bits per heavy atom. The zero-order valence-electron chi connectivity index (χ0n) is 13.4. The number of carbonyl (C=O) groups excluding carboxylic acids is 1. The van der Waals surface area contributed by atoms with Crippen molar-refractivity contribution in [1.82, 2.24) is 10.1 Å². The maximum atomic E-state index is 12.4. The number of carbonyl (C=O) groups is 1. The van der Waals surface area contributed by atoms with Crippen LogP contribution in [-0.2, 0) is 4.79 Å². The number of nitrogens with one attached hydrogen (secondary N) is 1. The Labute approximate surface area is 140 Å². The first-order valence-corrected chi connectivity index (χ1v) is 8.83. The molecule has 2 atom stereocenters. The number of aryl methyl sites for hydroxylation is 1. The molecule has 122 valence electrons. The van der Waals surface area contributed by atoms with Crippen molar-refractivity contribution in [1.29, 1.82) is 0 Å². The Morgan fingerprint density at radius 3 is 2.91 bits per heavy atom. The van der Waals surface area contributed by atoms with Gasteiger partial charge in [-0.2, -0.15) is 11.8 Å². The molecular formula is C17H21N3O2S. The summed E-state index contributed by atoms with van der Waals surface area (Å²) >= 11 is 1.95. The lowest BCUT2D eigenvalue weighted by atomic mass is 10.1. The number of rotatable bonds is 4. The van der Waals surface area contributed by atoms with Crippen LogP contribution in [-0.4, -0.2) is 40.8 Å². The summed E-state index contributed by atoms with van der Waals surface area (Å²) in [6.45, 7) is 5.56. The number of anilines is 1. The van der Waals surface area contributed by atoms with E-state index in [0.717, 1.165) is 24.5 Å². The molecule has 2 unspecified atom stereocenters. The first kappa shape index (κ1) is 16.1. The fraction of sp³-hybridized carbons (Fsp3) is 0.412. The normalized spacial score (nSPS) is 20.2. The summed E-state index contributed by atoms with van der Waals surface area (Å²) in [6.07, 6.45) is 0. The van der Waals surface area contributed by atoms with Crippen molar-refractivity contribution in [2.75, 3.05) is 24.2 Å². The minimum atomic E-state index is -0.201. The molecule has 1 saturated heterocycles. The number of amides is 1. The van der Waals surface area contributed by atoms with E-state index < -0.39 is 0 Å². The van der Waals surface area contributed by atoms with E-state index in [9.17, 15) is 4.79 Å². The summed E-state index contributed by atoms with van der Waals surface area (Å²) in [7, 11) is 0. The number of hydrogen-bond donors (Lipinski definition) is 1. The number of nitrogens with zero attached hydrogens (tertiary/aromatic N) is 2. The average Bonchev–Trinajstić information content (AvgIpc) is 3.00. The van der Waals surface area contributed by atoms with E-state index in [1.165, 1.54) is 5.56 Å². The summed E-state index contributed by atoms with van der Waals surface area (Å²) in [5.74, 6) is 1.38. The molecule has 2 heterocycles. The smallest absolute Gasteiger partial charge is 0.243 e. The molecule has 1 aliphatic heterocycles. The number of benzene rings is 1. The van der Waals surface area contributed by atoms with E-state index in [-0.39, 0.29) is 11.9 Å². The van der Waals surface area contributed by atoms with E-state index in [4.69, 9.17) is 4.52 Å². The molecule has 1 fully saturated rings. The fourth-order valence-electron chi connectivity index (χ4n) is 2.70. The van der Waals surface area contributed by atoms with Gasteiger partial charge < -0.3 is 4.52 Å². The lowest BCUT2D eigenvalue weighted by Gasteiger charge is -2.35. The second kappa shape index (κ2) is 7.19. The third-order valence-electron chi connectivity index (χ3n) is 4.07. The van der Waals surface area contributed by atoms with Gasteiger partial charge in [0.25, 0.3) is 0 Å². The minimum Gasteiger partial charge on any atom is -0.338 e. The van der Waals surface area contributed by atoms with Crippen molar-refractivity contribution in [2.24, 2.45) is 0 Å². The van der Waals surface area contributed by atoms with Crippen LogP contribution < -0.4 is 5.32 Å². The van der Waals surface area contributed by atoms with Gasteiger partial charge in [0, 0.05) is 30.2 Å². The van der Waals surface area contributed by atoms with Gasteiger partial charge in [-0.3, -0.25) is 15.0 Å². The molecule has 3 rings (SSSR count). The van der Waals surface area contributed by atoms with Gasteiger partial charge in [-0.15, -0.1) is 0 Å². The molecule has 5 nitrogen and oxygen atoms in total. The average molecular weight is 331 g/mol. The van der Waals surface area contributed by atoms with Crippen LogP contribution in [0.25, 0.3) is 0 Å². The lowest BCUT2D eigenvalue weighted by molar-refractivity contribution is -0.120. The maximum absolute atomic E-state index is 12.4. The topological polar surface area (TPSA) is 58.4 Å². The highest BCUT2D eigenvalue weighted by molar-refractivity contribution is 7.99. The summed E-state index contributed by atoms with van der Waals surface area (Å²) in [6, 6.07) is 12.0. The van der Waals surface area contributed by atoms with Crippen LogP contribution in [0.3, 0.4) is 0 Å². The highest BCUT2D eigenvalue weighted by atomic mass is 32.2. The predicted molar refractivity (Wildman–Crippen MR) is 92.5 cm³/mol. The van der Waals surface area contributed by atoms with E-state index >= 15 is 0 Å². The molecule has 23 heavy (non-hydrogen) atoms. The fourth-order valence-corrected chi connectivity index (χ4v) is 3.98. The van der Waals surface area contributed by atoms with Gasteiger partial charge in [0.15, 0.2) is 0 Å². The first-order chi connectivity index (χ1) is 11.1. The Hall–Kier alpha value is -1.79. The molecular weight excluding hydrogens is 310 g/mol. The lowest BCUT2D eigenvalue weighted by Crippen LogP contribution is -2.46. The molecule has 0 spiro atoms. The van der Waals surface area contributed by atoms with Crippen LogP contribution >= 0.6 is 11.8 Å². The standard InChI is InChI=1S/C17H21N3O2S/c1-12-10-16(22-19-12)18-17(21)13(2)20-8-9-23-15(11-20)14-6-4-3-5-7-14/h3-7,10,13,15H,8-9,11H2,1-2H3,(H,18,21). The maximum Gasteiger partial charge on any atom is 0.243 e. The van der Waals surface area contributed by atoms with Gasteiger partial charge in [-0.05, 0) is 19.4 Å². The SMILES string of the molecule is Cc1cc(NC(=O)C(C)N2CCSC(c3ccccc3)C2)on1. The van der Waals surface area contributed by atoms with Crippen LogP contribution in [0, 0.1) is 6.92 Å². The predicted octanol–water partition coefficient (Wildman–Crippen LogP) is 3.10. The van der Waals surface area contributed by atoms with E-state index in [2.05, 4.69) is 39.6 Å². The molecule has 1 aliphatic rings. The van der Waals surface area contributed by atoms with Crippen LogP contribution in [0.1, 0.15) is 23.4 Å². The Morgan fingerprint density at radius 1 is 1.43 bits per heavy atom. The van der Waals surface area contributed by atoms with Crippen LogP contribution in [0.5, 0.6) is 0 Å². The third-order valence-corrected chi connectivity index (χ3v) is 5.31. The van der Waals surface area contributed by atoms with Gasteiger partial charge in [0.2, 0.25) is 11.8 Å². The van der Waals surface area contributed by atoms with Crippen molar-refractivity contribution in [3.8, 4) is 0 Å². The van der Waals surface area contributed by atoms with Crippen molar-refractivity contribution in [2.45, 2.75) is 25.1 Å². The number of thioether (sulfide) groups is 1. The van der Waals surface area contributed by atoms with Crippen molar-refractivity contribution >= 4 is 23.6 Å². The zero-order valence-corrected chi connectivity index (χ0v) is 14.2. The second-order valence-corrected chi connectivity index (χ2v) is 7.07. The molecule has 0 radical (unpaired) electrons. The first-order valence-electron chi connectivity index (χ1n) is 7.78. The number of hydrogen-bond acceptors (Lipinski definition) is 5. The van der Waals surface area contributed by atoms with Gasteiger partial charge in [-0.1, -0.05) is 35.5 Å². The molecule has 6 heteroatoms. The minimum absolute atomic E-state index is 0.0557. The molecule has 0 saturated carbocycles. The largest absolute Gasteiger partial charge is 0.338 e. The molecule has 1 N–H and O–H groups in total. The third kappa shape index (κ3) is 3.95. The second-order valence-electron chi connectivity index (χ2n) is 5.76. The molecule has 0 aliphatic carbocycles. The van der Waals surface area contributed by atoms with Crippen LogP contribution in [0.15, 0.2) is 40.9 Å². The van der Waals surface area contributed by atoms with E-state index in [1.54, 1.807) is 6.07 Å². The Bertz CT molecular complexity index is 659. The van der Waals surface area contributed by atoms with Crippen molar-refractivity contribution in [3.63, 3.8) is 0 Å². The van der Waals surface area contributed by atoms with E-state index in [1.807, 2.05) is 31.7 Å². The van der Waals surface area contributed by atoms with Crippen molar-refractivity contribution < 1.29 is 9.32 Å². The van der Waals surface area contributed by atoms with Crippen LogP contribution in [0.2, 0.25) is 0 Å². The highest BCUT2D eigenvalue weighted by Crippen LogP contribution is 2.33. The Kier molecular flexibility index (Phi) is 5.03. The van der Waals surface area contributed by atoms with Gasteiger partial charge in [0.05, 0.1) is 11.7 Å². The highest BCUT2D eigenvalue weighted by Gasteiger charge is 2.28. The summed E-state index contributed by atoms with van der Waals surface area (Å²) in [5, 5.41) is 6.99. The molecule has 1 amide bonds. The summed E-state index contributed by atoms with van der Waals surface area (Å²) in [5.41, 5.74) is 2.08. The van der Waals surface area contributed by atoms with Gasteiger partial charge >= 0.3 is 0 Å². The van der Waals surface area contributed by atoms with Crippen molar-refractivity contribution in [3.05, 3.63) is 47.7 Å². The molecule has 1 aromatic heterocycles. The molecule has 0 bridgehead atoms. The van der Waals surface area contributed by atoms with Gasteiger partial charge in [0.1, 0.15) is 0 Å².